The normalized spacial score (nSPS) is 19.4. The van der Waals surface area contributed by atoms with Crippen molar-refractivity contribution in [3.8, 4) is 6.07 Å². The summed E-state index contributed by atoms with van der Waals surface area (Å²) in [6.07, 6.45) is 2.01. The molecule has 1 aliphatic heterocycles. The molecule has 1 rings (SSSR count). The lowest BCUT2D eigenvalue weighted by Crippen LogP contribution is -2.55. The number of hydrogen-bond acceptors (Lipinski definition) is 3. The van der Waals surface area contributed by atoms with Crippen molar-refractivity contribution in [2.24, 2.45) is 5.92 Å². The highest BCUT2D eigenvalue weighted by molar-refractivity contribution is 5.78. The predicted molar refractivity (Wildman–Crippen MR) is 71.9 cm³/mol. The highest BCUT2D eigenvalue weighted by atomic mass is 16.2. The Hall–Kier alpha value is -1.08. The number of carbonyl (C=O) groups is 1. The van der Waals surface area contributed by atoms with Crippen LogP contribution in [0.4, 0.5) is 0 Å². The van der Waals surface area contributed by atoms with E-state index in [0.717, 1.165) is 39.0 Å². The van der Waals surface area contributed by atoms with Crippen molar-refractivity contribution < 1.29 is 4.79 Å². The molecule has 0 aromatic heterocycles. The Bertz CT molecular complexity index is 324. The van der Waals surface area contributed by atoms with Gasteiger partial charge in [0.2, 0.25) is 5.91 Å². The van der Waals surface area contributed by atoms with E-state index in [0.29, 0.717) is 0 Å². The molecule has 1 atom stereocenters. The summed E-state index contributed by atoms with van der Waals surface area (Å²) in [4.78, 5) is 16.3. The van der Waals surface area contributed by atoms with Crippen LogP contribution in [0.1, 0.15) is 40.5 Å². The van der Waals surface area contributed by atoms with Crippen molar-refractivity contribution in [3.05, 3.63) is 0 Å². The Kier molecular flexibility index (Phi) is 5.15. The van der Waals surface area contributed by atoms with Gasteiger partial charge in [0.1, 0.15) is 5.54 Å². The van der Waals surface area contributed by atoms with Gasteiger partial charge in [-0.05, 0) is 20.3 Å². The molecule has 0 N–H and O–H groups in total. The van der Waals surface area contributed by atoms with Crippen molar-refractivity contribution in [2.45, 2.75) is 46.1 Å². The standard InChI is InChI=1S/C14H25N3O/c1-5-6-12(2)13(18)16-7-9-17(10-8-16)14(3,4)11-15/h12H,5-10H2,1-4H3. The molecule has 0 spiro atoms. The molecule has 0 aliphatic carbocycles. The van der Waals surface area contributed by atoms with E-state index in [1.807, 2.05) is 25.7 Å². The molecule has 0 aromatic rings. The minimum atomic E-state index is -0.426. The van der Waals surface area contributed by atoms with Gasteiger partial charge < -0.3 is 4.90 Å². The van der Waals surface area contributed by atoms with E-state index in [-0.39, 0.29) is 11.8 Å². The molecule has 1 aliphatic rings. The van der Waals surface area contributed by atoms with E-state index < -0.39 is 5.54 Å². The van der Waals surface area contributed by atoms with Crippen LogP contribution in [-0.2, 0) is 4.79 Å². The van der Waals surface area contributed by atoms with E-state index >= 15 is 0 Å². The van der Waals surface area contributed by atoms with Crippen LogP contribution in [-0.4, -0.2) is 47.4 Å². The fourth-order valence-corrected chi connectivity index (χ4v) is 2.42. The SMILES string of the molecule is CCCC(C)C(=O)N1CCN(C(C)(C)C#N)CC1. The Labute approximate surface area is 111 Å². The summed E-state index contributed by atoms with van der Waals surface area (Å²) in [7, 11) is 0. The molecule has 4 heteroatoms. The minimum Gasteiger partial charge on any atom is -0.340 e. The maximum Gasteiger partial charge on any atom is 0.225 e. The van der Waals surface area contributed by atoms with Crippen LogP contribution in [0, 0.1) is 17.2 Å². The number of hydrogen-bond donors (Lipinski definition) is 0. The highest BCUT2D eigenvalue weighted by Gasteiger charge is 2.31. The summed E-state index contributed by atoms with van der Waals surface area (Å²) in [5, 5.41) is 9.11. The van der Waals surface area contributed by atoms with Gasteiger partial charge in [-0.15, -0.1) is 0 Å². The third-order valence-corrected chi connectivity index (χ3v) is 3.80. The largest absolute Gasteiger partial charge is 0.340 e. The monoisotopic (exact) mass is 251 g/mol. The van der Waals surface area contributed by atoms with Gasteiger partial charge in [0, 0.05) is 32.1 Å². The molecule has 1 saturated heterocycles. The summed E-state index contributed by atoms with van der Waals surface area (Å²) >= 11 is 0. The Balaban J connectivity index is 2.50. The predicted octanol–water partition coefficient (Wildman–Crippen LogP) is 1.87. The number of piperazine rings is 1. The minimum absolute atomic E-state index is 0.130. The third-order valence-electron chi connectivity index (χ3n) is 3.80. The molecule has 1 fully saturated rings. The van der Waals surface area contributed by atoms with Crippen LogP contribution in [0.15, 0.2) is 0 Å². The summed E-state index contributed by atoms with van der Waals surface area (Å²) in [6, 6.07) is 2.32. The lowest BCUT2D eigenvalue weighted by Gasteiger charge is -2.41. The molecule has 102 valence electrons. The van der Waals surface area contributed by atoms with E-state index in [2.05, 4.69) is 17.9 Å². The van der Waals surface area contributed by atoms with Gasteiger partial charge in [0.25, 0.3) is 0 Å². The summed E-state index contributed by atoms with van der Waals surface area (Å²) in [6.45, 7) is 11.1. The molecule has 1 amide bonds. The second-order valence-corrected chi connectivity index (χ2v) is 5.67. The first kappa shape index (κ1) is 15.0. The maximum absolute atomic E-state index is 12.2. The van der Waals surface area contributed by atoms with Gasteiger partial charge in [-0.1, -0.05) is 20.3 Å². The van der Waals surface area contributed by atoms with Crippen LogP contribution >= 0.6 is 0 Å². The molecule has 4 nitrogen and oxygen atoms in total. The van der Waals surface area contributed by atoms with E-state index in [4.69, 9.17) is 5.26 Å². The van der Waals surface area contributed by atoms with Crippen LogP contribution in [0.25, 0.3) is 0 Å². The number of nitriles is 1. The zero-order chi connectivity index (χ0) is 13.8. The van der Waals surface area contributed by atoms with Crippen molar-refractivity contribution in [3.63, 3.8) is 0 Å². The Morgan fingerprint density at radius 1 is 1.33 bits per heavy atom. The van der Waals surface area contributed by atoms with Gasteiger partial charge in [0.15, 0.2) is 0 Å². The molecule has 1 heterocycles. The fraction of sp³-hybridized carbons (Fsp3) is 0.857. The zero-order valence-corrected chi connectivity index (χ0v) is 12.1. The van der Waals surface area contributed by atoms with Crippen molar-refractivity contribution in [1.82, 2.24) is 9.80 Å². The van der Waals surface area contributed by atoms with Crippen LogP contribution in [0.2, 0.25) is 0 Å². The van der Waals surface area contributed by atoms with E-state index in [1.165, 1.54) is 0 Å². The average Bonchev–Trinajstić information content (AvgIpc) is 2.38. The van der Waals surface area contributed by atoms with Gasteiger partial charge in [-0.25, -0.2) is 0 Å². The molecular weight excluding hydrogens is 226 g/mol. The van der Waals surface area contributed by atoms with Gasteiger partial charge >= 0.3 is 0 Å². The molecule has 1 unspecified atom stereocenters. The second-order valence-electron chi connectivity index (χ2n) is 5.67. The van der Waals surface area contributed by atoms with Gasteiger partial charge in [0.05, 0.1) is 6.07 Å². The maximum atomic E-state index is 12.2. The van der Waals surface area contributed by atoms with Crippen molar-refractivity contribution in [1.29, 1.82) is 5.26 Å². The topological polar surface area (TPSA) is 47.3 Å². The fourth-order valence-electron chi connectivity index (χ4n) is 2.42. The summed E-state index contributed by atoms with van der Waals surface area (Å²) in [5.74, 6) is 0.400. The zero-order valence-electron chi connectivity index (χ0n) is 12.1. The first-order valence-electron chi connectivity index (χ1n) is 6.87. The van der Waals surface area contributed by atoms with Crippen LogP contribution in [0.3, 0.4) is 0 Å². The number of carbonyl (C=O) groups excluding carboxylic acids is 1. The molecule has 0 saturated carbocycles. The Morgan fingerprint density at radius 3 is 2.33 bits per heavy atom. The van der Waals surface area contributed by atoms with E-state index in [9.17, 15) is 4.79 Å². The second kappa shape index (κ2) is 6.19. The van der Waals surface area contributed by atoms with E-state index in [1.54, 1.807) is 0 Å². The van der Waals surface area contributed by atoms with Gasteiger partial charge in [-0.3, -0.25) is 9.69 Å². The first-order valence-corrected chi connectivity index (χ1v) is 6.87. The highest BCUT2D eigenvalue weighted by Crippen LogP contribution is 2.18. The number of nitrogens with zero attached hydrogens (tertiary/aromatic N) is 3. The van der Waals surface area contributed by atoms with Crippen LogP contribution in [0.5, 0.6) is 0 Å². The lowest BCUT2D eigenvalue weighted by molar-refractivity contribution is -0.137. The quantitative estimate of drug-likeness (QED) is 0.766. The smallest absolute Gasteiger partial charge is 0.225 e. The molecule has 0 bridgehead atoms. The first-order chi connectivity index (χ1) is 8.42. The molecular formula is C14H25N3O. The Morgan fingerprint density at radius 2 is 1.89 bits per heavy atom. The number of amides is 1. The molecule has 0 radical (unpaired) electrons. The van der Waals surface area contributed by atoms with Crippen molar-refractivity contribution >= 4 is 5.91 Å². The lowest BCUT2D eigenvalue weighted by atomic mass is 10.0. The molecule has 0 aromatic carbocycles. The third kappa shape index (κ3) is 3.46. The summed E-state index contributed by atoms with van der Waals surface area (Å²) < 4.78 is 0. The summed E-state index contributed by atoms with van der Waals surface area (Å²) in [5.41, 5.74) is -0.426. The average molecular weight is 251 g/mol. The van der Waals surface area contributed by atoms with Gasteiger partial charge in [-0.2, -0.15) is 5.26 Å². The van der Waals surface area contributed by atoms with Crippen molar-refractivity contribution in [2.75, 3.05) is 26.2 Å². The van der Waals surface area contributed by atoms with Crippen LogP contribution < -0.4 is 0 Å². The number of rotatable bonds is 4. The molecule has 18 heavy (non-hydrogen) atoms.